The molecule has 1 amide bonds. The summed E-state index contributed by atoms with van der Waals surface area (Å²) < 4.78 is 5.92. The fourth-order valence-corrected chi connectivity index (χ4v) is 2.40. The number of carbonyl (C=O) groups excluding carboxylic acids is 1. The Morgan fingerprint density at radius 1 is 1.17 bits per heavy atom. The summed E-state index contributed by atoms with van der Waals surface area (Å²) in [5.41, 5.74) is 3.84. The summed E-state index contributed by atoms with van der Waals surface area (Å²) in [6.07, 6.45) is 0.0364. The van der Waals surface area contributed by atoms with Crippen molar-refractivity contribution < 1.29 is 9.53 Å². The van der Waals surface area contributed by atoms with Crippen LogP contribution in [0.15, 0.2) is 36.4 Å². The average molecular weight is 332 g/mol. The lowest BCUT2D eigenvalue weighted by Crippen LogP contribution is -2.32. The summed E-state index contributed by atoms with van der Waals surface area (Å²) in [5, 5.41) is 3.50. The largest absolute Gasteiger partial charge is 0.480 e. The maximum atomic E-state index is 12.5. The Kier molecular flexibility index (Phi) is 5.67. The first-order valence-electron chi connectivity index (χ1n) is 7.72. The molecule has 0 radical (unpaired) electrons. The molecule has 0 saturated heterocycles. The van der Waals surface area contributed by atoms with E-state index in [4.69, 9.17) is 16.3 Å². The third kappa shape index (κ3) is 4.26. The standard InChI is InChI=1S/C19H22ClNO2/c1-5-17(23-18-8-6-7-12(2)14(18)4)19(22)21-15-10-9-13(3)16(20)11-15/h6-11,17H,5H2,1-4H3,(H,21,22)/t17-/m1/s1. The lowest BCUT2D eigenvalue weighted by Gasteiger charge is -2.19. The second-order valence-electron chi connectivity index (χ2n) is 5.67. The molecule has 0 heterocycles. The van der Waals surface area contributed by atoms with Crippen LogP contribution in [-0.4, -0.2) is 12.0 Å². The van der Waals surface area contributed by atoms with Crippen LogP contribution in [0.2, 0.25) is 5.02 Å². The smallest absolute Gasteiger partial charge is 0.265 e. The van der Waals surface area contributed by atoms with E-state index in [0.29, 0.717) is 17.1 Å². The highest BCUT2D eigenvalue weighted by molar-refractivity contribution is 6.31. The highest BCUT2D eigenvalue weighted by atomic mass is 35.5. The summed E-state index contributed by atoms with van der Waals surface area (Å²) in [4.78, 5) is 12.5. The minimum Gasteiger partial charge on any atom is -0.480 e. The second-order valence-corrected chi connectivity index (χ2v) is 6.07. The molecule has 0 spiro atoms. The van der Waals surface area contributed by atoms with Gasteiger partial charge in [0.2, 0.25) is 0 Å². The summed E-state index contributed by atoms with van der Waals surface area (Å²) >= 11 is 6.10. The van der Waals surface area contributed by atoms with Crippen LogP contribution in [0, 0.1) is 20.8 Å². The SMILES string of the molecule is CC[C@@H](Oc1cccc(C)c1C)C(=O)Nc1ccc(C)c(Cl)c1. The van der Waals surface area contributed by atoms with Crippen molar-refractivity contribution in [3.63, 3.8) is 0 Å². The molecule has 3 nitrogen and oxygen atoms in total. The Balaban J connectivity index is 2.12. The minimum atomic E-state index is -0.546. The number of benzene rings is 2. The molecule has 2 rings (SSSR count). The van der Waals surface area contributed by atoms with Gasteiger partial charge in [0.05, 0.1) is 0 Å². The fraction of sp³-hybridized carbons (Fsp3) is 0.316. The number of nitrogens with one attached hydrogen (secondary N) is 1. The molecule has 0 fully saturated rings. The summed E-state index contributed by atoms with van der Waals surface area (Å²) in [7, 11) is 0. The normalized spacial score (nSPS) is 11.9. The van der Waals surface area contributed by atoms with E-state index in [-0.39, 0.29) is 5.91 Å². The molecule has 2 aromatic rings. The summed E-state index contributed by atoms with van der Waals surface area (Å²) in [6.45, 7) is 7.87. The molecule has 0 aliphatic carbocycles. The fourth-order valence-electron chi connectivity index (χ4n) is 2.22. The maximum Gasteiger partial charge on any atom is 0.265 e. The van der Waals surface area contributed by atoms with Gasteiger partial charge in [0.1, 0.15) is 5.75 Å². The highest BCUT2D eigenvalue weighted by Gasteiger charge is 2.19. The van der Waals surface area contributed by atoms with Crippen molar-refractivity contribution in [2.75, 3.05) is 5.32 Å². The van der Waals surface area contributed by atoms with Gasteiger partial charge in [-0.3, -0.25) is 4.79 Å². The van der Waals surface area contributed by atoms with E-state index in [0.717, 1.165) is 22.4 Å². The number of hydrogen-bond donors (Lipinski definition) is 1. The van der Waals surface area contributed by atoms with E-state index in [1.54, 1.807) is 6.07 Å². The first-order chi connectivity index (χ1) is 10.9. The maximum absolute atomic E-state index is 12.5. The Morgan fingerprint density at radius 3 is 2.57 bits per heavy atom. The van der Waals surface area contributed by atoms with Crippen molar-refractivity contribution >= 4 is 23.2 Å². The molecule has 23 heavy (non-hydrogen) atoms. The Labute approximate surface area is 142 Å². The molecule has 0 aliphatic heterocycles. The van der Waals surface area contributed by atoms with Crippen LogP contribution in [0.25, 0.3) is 0 Å². The Bertz CT molecular complexity index is 713. The van der Waals surface area contributed by atoms with Gasteiger partial charge in [0, 0.05) is 10.7 Å². The molecule has 0 bridgehead atoms. The van der Waals surface area contributed by atoms with Gasteiger partial charge in [-0.25, -0.2) is 0 Å². The molecular weight excluding hydrogens is 310 g/mol. The van der Waals surface area contributed by atoms with Crippen molar-refractivity contribution in [2.24, 2.45) is 0 Å². The zero-order valence-corrected chi connectivity index (χ0v) is 14.7. The molecule has 1 N–H and O–H groups in total. The number of amides is 1. The van der Waals surface area contributed by atoms with E-state index >= 15 is 0 Å². The molecule has 0 saturated carbocycles. The molecule has 0 aromatic heterocycles. The van der Waals surface area contributed by atoms with Crippen LogP contribution >= 0.6 is 11.6 Å². The molecule has 0 unspecified atom stereocenters. The van der Waals surface area contributed by atoms with Crippen molar-refractivity contribution in [3.05, 3.63) is 58.1 Å². The van der Waals surface area contributed by atoms with Gasteiger partial charge in [0.25, 0.3) is 5.91 Å². The van der Waals surface area contributed by atoms with E-state index < -0.39 is 6.10 Å². The number of halogens is 1. The second kappa shape index (κ2) is 7.51. The van der Waals surface area contributed by atoms with Crippen LogP contribution in [0.1, 0.15) is 30.0 Å². The predicted molar refractivity (Wildman–Crippen MR) is 95.4 cm³/mol. The molecule has 2 aromatic carbocycles. The molecule has 4 heteroatoms. The quantitative estimate of drug-likeness (QED) is 0.831. The zero-order valence-electron chi connectivity index (χ0n) is 13.9. The third-order valence-electron chi connectivity index (χ3n) is 3.93. The van der Waals surface area contributed by atoms with Crippen LogP contribution in [0.5, 0.6) is 5.75 Å². The van der Waals surface area contributed by atoms with E-state index in [2.05, 4.69) is 5.32 Å². The minimum absolute atomic E-state index is 0.173. The van der Waals surface area contributed by atoms with Crippen molar-refractivity contribution in [1.29, 1.82) is 0 Å². The first-order valence-corrected chi connectivity index (χ1v) is 8.10. The van der Waals surface area contributed by atoms with Crippen LogP contribution in [0.4, 0.5) is 5.69 Å². The van der Waals surface area contributed by atoms with E-state index in [1.165, 1.54) is 0 Å². The lowest BCUT2D eigenvalue weighted by molar-refractivity contribution is -0.122. The van der Waals surface area contributed by atoms with E-state index in [1.807, 2.05) is 58.0 Å². The molecule has 122 valence electrons. The van der Waals surface area contributed by atoms with Crippen molar-refractivity contribution in [1.82, 2.24) is 0 Å². The zero-order chi connectivity index (χ0) is 17.0. The lowest BCUT2D eigenvalue weighted by atomic mass is 10.1. The Hall–Kier alpha value is -2.00. The number of anilines is 1. The number of ether oxygens (including phenoxy) is 1. The molecule has 0 aliphatic rings. The van der Waals surface area contributed by atoms with Gasteiger partial charge in [-0.05, 0) is 62.1 Å². The van der Waals surface area contributed by atoms with Gasteiger partial charge in [0.15, 0.2) is 6.10 Å². The first kappa shape index (κ1) is 17.4. The van der Waals surface area contributed by atoms with Gasteiger partial charge < -0.3 is 10.1 Å². The van der Waals surface area contributed by atoms with Gasteiger partial charge in [-0.1, -0.05) is 36.7 Å². The van der Waals surface area contributed by atoms with Crippen LogP contribution in [-0.2, 0) is 4.79 Å². The number of aryl methyl sites for hydroxylation is 2. The number of rotatable bonds is 5. The predicted octanol–water partition coefficient (Wildman–Crippen LogP) is 5.06. The average Bonchev–Trinajstić information content (AvgIpc) is 2.52. The summed E-state index contributed by atoms with van der Waals surface area (Å²) in [6, 6.07) is 11.3. The van der Waals surface area contributed by atoms with Crippen LogP contribution < -0.4 is 10.1 Å². The monoisotopic (exact) mass is 331 g/mol. The molecule has 1 atom stereocenters. The van der Waals surface area contributed by atoms with Crippen molar-refractivity contribution in [3.8, 4) is 5.75 Å². The Morgan fingerprint density at radius 2 is 1.91 bits per heavy atom. The van der Waals surface area contributed by atoms with Crippen LogP contribution in [0.3, 0.4) is 0 Å². The van der Waals surface area contributed by atoms with Gasteiger partial charge in [-0.2, -0.15) is 0 Å². The number of hydrogen-bond acceptors (Lipinski definition) is 2. The third-order valence-corrected chi connectivity index (χ3v) is 4.33. The molecular formula is C19H22ClNO2. The topological polar surface area (TPSA) is 38.3 Å². The van der Waals surface area contributed by atoms with E-state index in [9.17, 15) is 4.79 Å². The van der Waals surface area contributed by atoms with Gasteiger partial charge in [-0.15, -0.1) is 0 Å². The van der Waals surface area contributed by atoms with Crippen molar-refractivity contribution in [2.45, 2.75) is 40.2 Å². The van der Waals surface area contributed by atoms with Gasteiger partial charge >= 0.3 is 0 Å². The highest BCUT2D eigenvalue weighted by Crippen LogP contribution is 2.24. The number of carbonyl (C=O) groups is 1. The summed E-state index contributed by atoms with van der Waals surface area (Å²) in [5.74, 6) is 0.572.